The summed E-state index contributed by atoms with van der Waals surface area (Å²) in [5.41, 5.74) is 5.39. The largest absolute Gasteiger partial charge is 0.463 e. The Bertz CT molecular complexity index is 561. The average Bonchev–Trinajstić information content (AvgIpc) is 2.91. The molecule has 0 bridgehead atoms. The molecule has 0 radical (unpaired) electrons. The number of rotatable bonds is 25. The summed E-state index contributed by atoms with van der Waals surface area (Å²) >= 11 is 0. The molecule has 0 aromatic heterocycles. The topological polar surface area (TPSA) is 74.0 Å². The van der Waals surface area contributed by atoms with Crippen LogP contribution in [-0.4, -0.2) is 69.6 Å². The van der Waals surface area contributed by atoms with Gasteiger partial charge in [-0.05, 0) is 64.5 Å². The van der Waals surface area contributed by atoms with Crippen LogP contribution in [0.5, 0.6) is 0 Å². The molecule has 1 heterocycles. The minimum absolute atomic E-state index is 0.0240. The predicted molar refractivity (Wildman–Crippen MR) is 155 cm³/mol. The van der Waals surface area contributed by atoms with Crippen molar-refractivity contribution in [2.75, 3.05) is 52.6 Å². The van der Waals surface area contributed by atoms with Gasteiger partial charge in [-0.2, -0.15) is 0 Å². The van der Waals surface area contributed by atoms with Crippen molar-refractivity contribution in [1.82, 2.24) is 4.90 Å². The number of piperidine rings is 1. The fraction of sp³-hybridized carbons (Fsp3) is 0.839. The van der Waals surface area contributed by atoms with Crippen molar-refractivity contribution in [3.8, 4) is 0 Å². The molecule has 1 rings (SSSR count). The minimum Gasteiger partial charge on any atom is -0.463 e. The smallest absolute Gasteiger partial charge is 0.307 e. The molecule has 1 atom stereocenters. The fourth-order valence-corrected chi connectivity index (χ4v) is 4.55. The summed E-state index contributed by atoms with van der Waals surface area (Å²) in [6.07, 6.45) is 28.5. The third-order valence-corrected chi connectivity index (χ3v) is 6.75. The van der Waals surface area contributed by atoms with Crippen LogP contribution in [0, 0.1) is 0 Å². The molecule has 0 amide bonds. The van der Waals surface area contributed by atoms with Crippen molar-refractivity contribution in [3.05, 3.63) is 24.3 Å². The molecule has 1 aliphatic heterocycles. The molecule has 0 spiro atoms. The van der Waals surface area contributed by atoms with E-state index in [0.717, 1.165) is 39.1 Å². The number of allylic oxidation sites excluding steroid dienone is 4. The number of carbonyl (C=O) groups excluding carboxylic acids is 1. The van der Waals surface area contributed by atoms with E-state index in [-0.39, 0.29) is 25.1 Å². The van der Waals surface area contributed by atoms with Gasteiger partial charge in [0.25, 0.3) is 0 Å². The lowest BCUT2D eigenvalue weighted by Gasteiger charge is -2.30. The van der Waals surface area contributed by atoms with E-state index in [2.05, 4.69) is 36.1 Å². The molecule has 1 aliphatic rings. The number of hydrogen-bond donors (Lipinski definition) is 1. The molecular weight excluding hydrogens is 464 g/mol. The van der Waals surface area contributed by atoms with Crippen LogP contribution in [0.4, 0.5) is 0 Å². The number of nitrogens with zero attached hydrogens (tertiary/aromatic N) is 1. The monoisotopic (exact) mass is 522 g/mol. The van der Waals surface area contributed by atoms with Gasteiger partial charge in [-0.3, -0.25) is 4.79 Å². The molecule has 6 heteroatoms. The summed E-state index contributed by atoms with van der Waals surface area (Å²) in [7, 11) is 0. The molecule has 1 unspecified atom stereocenters. The lowest BCUT2D eigenvalue weighted by molar-refractivity contribution is -0.146. The van der Waals surface area contributed by atoms with Crippen molar-refractivity contribution in [2.45, 2.75) is 116 Å². The third kappa shape index (κ3) is 22.5. The van der Waals surface area contributed by atoms with E-state index in [0.29, 0.717) is 19.8 Å². The maximum atomic E-state index is 11.5. The molecule has 1 saturated heterocycles. The van der Waals surface area contributed by atoms with Gasteiger partial charge in [-0.1, -0.05) is 76.2 Å². The van der Waals surface area contributed by atoms with Gasteiger partial charge in [-0.25, -0.2) is 0 Å². The maximum Gasteiger partial charge on any atom is 0.307 e. The van der Waals surface area contributed by atoms with Crippen LogP contribution >= 0.6 is 0 Å². The first-order valence-electron chi connectivity index (χ1n) is 15.3. The summed E-state index contributed by atoms with van der Waals surface area (Å²) in [6.45, 7) is 7.82. The summed E-state index contributed by atoms with van der Waals surface area (Å²) < 4.78 is 17.2. The Labute approximate surface area is 228 Å². The highest BCUT2D eigenvalue weighted by atomic mass is 16.6. The summed E-state index contributed by atoms with van der Waals surface area (Å²) in [5.74, 6) is -0.257. The Morgan fingerprint density at radius 3 is 2.22 bits per heavy atom. The van der Waals surface area contributed by atoms with Crippen LogP contribution < -0.4 is 5.73 Å². The van der Waals surface area contributed by atoms with Gasteiger partial charge in [0.05, 0.1) is 25.7 Å². The lowest BCUT2D eigenvalue weighted by Crippen LogP contribution is -2.40. The SMILES string of the molecule is CCCCC/C=C\C/C=C\CCCCCCCCOCC(CN1CCCCC1)OCCOC(=O)CCN. The molecule has 0 aromatic carbocycles. The third-order valence-electron chi connectivity index (χ3n) is 6.75. The highest BCUT2D eigenvalue weighted by Crippen LogP contribution is 2.11. The fourth-order valence-electron chi connectivity index (χ4n) is 4.55. The highest BCUT2D eigenvalue weighted by molar-refractivity contribution is 5.69. The molecule has 2 N–H and O–H groups in total. The van der Waals surface area contributed by atoms with E-state index in [4.69, 9.17) is 19.9 Å². The first-order valence-corrected chi connectivity index (χ1v) is 15.3. The zero-order valence-corrected chi connectivity index (χ0v) is 24.0. The van der Waals surface area contributed by atoms with Gasteiger partial charge >= 0.3 is 5.97 Å². The molecule has 0 aliphatic carbocycles. The number of unbranched alkanes of at least 4 members (excludes halogenated alkanes) is 9. The molecular formula is C31H58N2O4. The normalized spacial score (nSPS) is 15.6. The quantitative estimate of drug-likeness (QED) is 0.0829. The zero-order valence-electron chi connectivity index (χ0n) is 24.0. The van der Waals surface area contributed by atoms with Gasteiger partial charge in [0, 0.05) is 19.7 Å². The second-order valence-electron chi connectivity index (χ2n) is 10.3. The van der Waals surface area contributed by atoms with Gasteiger partial charge in [-0.15, -0.1) is 0 Å². The molecule has 6 nitrogen and oxygen atoms in total. The second kappa shape index (κ2) is 26.4. The van der Waals surface area contributed by atoms with Crippen LogP contribution in [0.25, 0.3) is 0 Å². The van der Waals surface area contributed by atoms with Crippen molar-refractivity contribution in [3.63, 3.8) is 0 Å². The Morgan fingerprint density at radius 1 is 0.838 bits per heavy atom. The number of esters is 1. The Kier molecular flexibility index (Phi) is 24.1. The standard InChI is InChI=1S/C31H58N2O4/c1-2-3-4-5-6-7-8-9-10-11-12-13-14-15-16-20-25-35-29-30(28-33-23-18-17-19-24-33)36-26-27-37-31(34)21-22-32/h6-7,9-10,30H,2-5,8,11-29,32H2,1H3/b7-6-,10-9-. The van der Waals surface area contributed by atoms with E-state index in [9.17, 15) is 4.79 Å². The van der Waals surface area contributed by atoms with Crippen LogP contribution in [0.2, 0.25) is 0 Å². The number of nitrogens with two attached hydrogens (primary N) is 1. The van der Waals surface area contributed by atoms with Crippen molar-refractivity contribution < 1.29 is 19.0 Å². The number of carbonyl (C=O) groups is 1. The maximum absolute atomic E-state index is 11.5. The number of likely N-dealkylation sites (tertiary alicyclic amines) is 1. The van der Waals surface area contributed by atoms with Gasteiger partial charge in [0.1, 0.15) is 6.61 Å². The molecule has 216 valence electrons. The van der Waals surface area contributed by atoms with E-state index in [1.54, 1.807) is 0 Å². The zero-order chi connectivity index (χ0) is 26.7. The molecule has 1 fully saturated rings. The van der Waals surface area contributed by atoms with E-state index < -0.39 is 0 Å². The lowest BCUT2D eigenvalue weighted by atomic mass is 10.1. The Hall–Kier alpha value is -1.21. The van der Waals surface area contributed by atoms with Crippen LogP contribution in [0.15, 0.2) is 24.3 Å². The Balaban J connectivity index is 2.02. The first-order chi connectivity index (χ1) is 18.3. The van der Waals surface area contributed by atoms with Gasteiger partial charge in [0.2, 0.25) is 0 Å². The van der Waals surface area contributed by atoms with Crippen molar-refractivity contribution >= 4 is 5.97 Å². The van der Waals surface area contributed by atoms with E-state index >= 15 is 0 Å². The van der Waals surface area contributed by atoms with Crippen molar-refractivity contribution in [2.24, 2.45) is 5.73 Å². The first kappa shape index (κ1) is 33.8. The minimum atomic E-state index is -0.257. The Morgan fingerprint density at radius 2 is 1.51 bits per heavy atom. The highest BCUT2D eigenvalue weighted by Gasteiger charge is 2.17. The predicted octanol–water partition coefficient (Wildman–Crippen LogP) is 6.58. The van der Waals surface area contributed by atoms with Crippen LogP contribution in [-0.2, 0) is 19.0 Å². The van der Waals surface area contributed by atoms with Crippen LogP contribution in [0.1, 0.15) is 110 Å². The average molecular weight is 523 g/mol. The molecule has 0 aromatic rings. The van der Waals surface area contributed by atoms with Gasteiger partial charge < -0.3 is 24.8 Å². The number of hydrogen-bond acceptors (Lipinski definition) is 6. The van der Waals surface area contributed by atoms with Crippen LogP contribution in [0.3, 0.4) is 0 Å². The molecule has 37 heavy (non-hydrogen) atoms. The second-order valence-corrected chi connectivity index (χ2v) is 10.3. The summed E-state index contributed by atoms with van der Waals surface area (Å²) in [6, 6.07) is 0. The van der Waals surface area contributed by atoms with Gasteiger partial charge in [0.15, 0.2) is 0 Å². The van der Waals surface area contributed by atoms with E-state index in [1.807, 2.05) is 0 Å². The summed E-state index contributed by atoms with van der Waals surface area (Å²) in [4.78, 5) is 13.9. The number of ether oxygens (including phenoxy) is 3. The summed E-state index contributed by atoms with van der Waals surface area (Å²) in [5, 5.41) is 0. The van der Waals surface area contributed by atoms with Crippen molar-refractivity contribution in [1.29, 1.82) is 0 Å². The van der Waals surface area contributed by atoms with E-state index in [1.165, 1.54) is 83.5 Å². The molecule has 0 saturated carbocycles.